The smallest absolute Gasteiger partial charge is 0.307 e. The standard InChI is InChI=1S/C16H15NO2S/c1-17-13-9-11(10-15(18)19)7-8-14(13)20-16(17)12-5-3-2-4-6-12/h2-9,16H,10H2,1H3,(H,18,19). The fraction of sp³-hybridized carbons (Fsp3) is 0.188. The highest BCUT2D eigenvalue weighted by Gasteiger charge is 2.28. The molecule has 0 bridgehead atoms. The maximum atomic E-state index is 10.8. The highest BCUT2D eigenvalue weighted by molar-refractivity contribution is 8.00. The lowest BCUT2D eigenvalue weighted by atomic mass is 10.1. The number of fused-ring (bicyclic) bond motifs is 1. The van der Waals surface area contributed by atoms with Crippen LogP contribution in [0.2, 0.25) is 0 Å². The first-order valence-electron chi connectivity index (χ1n) is 6.44. The molecule has 20 heavy (non-hydrogen) atoms. The number of hydrogen-bond donors (Lipinski definition) is 1. The molecule has 2 aromatic carbocycles. The van der Waals surface area contributed by atoms with Gasteiger partial charge in [-0.05, 0) is 23.3 Å². The van der Waals surface area contributed by atoms with Crippen molar-refractivity contribution in [2.75, 3.05) is 11.9 Å². The van der Waals surface area contributed by atoms with Gasteiger partial charge in [0.1, 0.15) is 5.37 Å². The summed E-state index contributed by atoms with van der Waals surface area (Å²) in [6.45, 7) is 0. The lowest BCUT2D eigenvalue weighted by Crippen LogP contribution is -2.17. The van der Waals surface area contributed by atoms with Gasteiger partial charge < -0.3 is 10.0 Å². The normalized spacial score (nSPS) is 17.1. The van der Waals surface area contributed by atoms with E-state index in [0.29, 0.717) is 0 Å². The Bertz CT molecular complexity index is 642. The molecule has 3 nitrogen and oxygen atoms in total. The lowest BCUT2D eigenvalue weighted by Gasteiger charge is -2.22. The van der Waals surface area contributed by atoms with Crippen molar-refractivity contribution in [3.8, 4) is 0 Å². The number of thioether (sulfide) groups is 1. The van der Waals surface area contributed by atoms with Crippen LogP contribution in [-0.2, 0) is 11.2 Å². The third kappa shape index (κ3) is 2.39. The van der Waals surface area contributed by atoms with Gasteiger partial charge in [-0.3, -0.25) is 4.79 Å². The van der Waals surface area contributed by atoms with Crippen LogP contribution in [0.25, 0.3) is 0 Å². The topological polar surface area (TPSA) is 40.5 Å². The van der Waals surface area contributed by atoms with Crippen molar-refractivity contribution in [2.45, 2.75) is 16.7 Å². The van der Waals surface area contributed by atoms with E-state index in [-0.39, 0.29) is 11.8 Å². The Morgan fingerprint density at radius 1 is 1.25 bits per heavy atom. The first-order valence-corrected chi connectivity index (χ1v) is 7.32. The van der Waals surface area contributed by atoms with Gasteiger partial charge in [-0.2, -0.15) is 0 Å². The van der Waals surface area contributed by atoms with E-state index in [0.717, 1.165) is 11.3 Å². The van der Waals surface area contributed by atoms with Crippen molar-refractivity contribution < 1.29 is 9.90 Å². The number of nitrogens with zero attached hydrogens (tertiary/aromatic N) is 1. The maximum Gasteiger partial charge on any atom is 0.307 e. The van der Waals surface area contributed by atoms with Crippen LogP contribution < -0.4 is 4.90 Å². The summed E-state index contributed by atoms with van der Waals surface area (Å²) in [7, 11) is 2.06. The number of anilines is 1. The highest BCUT2D eigenvalue weighted by Crippen LogP contribution is 2.50. The number of rotatable bonds is 3. The summed E-state index contributed by atoms with van der Waals surface area (Å²) in [6, 6.07) is 16.3. The zero-order valence-corrected chi connectivity index (χ0v) is 11.9. The molecule has 1 heterocycles. The van der Waals surface area contributed by atoms with Crippen LogP contribution in [0.1, 0.15) is 16.5 Å². The van der Waals surface area contributed by atoms with Crippen LogP contribution in [-0.4, -0.2) is 18.1 Å². The van der Waals surface area contributed by atoms with Crippen LogP contribution in [0, 0.1) is 0 Å². The molecule has 102 valence electrons. The Morgan fingerprint density at radius 2 is 2.00 bits per heavy atom. The van der Waals surface area contributed by atoms with Gasteiger partial charge >= 0.3 is 5.97 Å². The zero-order chi connectivity index (χ0) is 14.1. The van der Waals surface area contributed by atoms with Gasteiger partial charge in [0.25, 0.3) is 0 Å². The number of aliphatic carboxylic acids is 1. The molecule has 0 fully saturated rings. The van der Waals surface area contributed by atoms with Crippen LogP contribution in [0.15, 0.2) is 53.4 Å². The second-order valence-corrected chi connectivity index (χ2v) is 5.99. The summed E-state index contributed by atoms with van der Waals surface area (Å²) in [6.07, 6.45) is 0.0712. The summed E-state index contributed by atoms with van der Waals surface area (Å²) in [5.41, 5.74) is 3.22. The molecule has 1 unspecified atom stereocenters. The molecule has 2 aromatic rings. The van der Waals surface area contributed by atoms with Gasteiger partial charge in [-0.25, -0.2) is 0 Å². The lowest BCUT2D eigenvalue weighted by molar-refractivity contribution is -0.136. The molecule has 0 aliphatic carbocycles. The first-order chi connectivity index (χ1) is 9.65. The Kier molecular flexibility index (Phi) is 3.40. The molecule has 1 aliphatic rings. The van der Waals surface area contributed by atoms with Gasteiger partial charge in [0.05, 0.1) is 12.1 Å². The molecule has 0 spiro atoms. The van der Waals surface area contributed by atoms with Crippen LogP contribution >= 0.6 is 11.8 Å². The second-order valence-electron chi connectivity index (χ2n) is 4.86. The van der Waals surface area contributed by atoms with Gasteiger partial charge in [-0.15, -0.1) is 0 Å². The summed E-state index contributed by atoms with van der Waals surface area (Å²) in [5.74, 6) is -0.794. The molecule has 1 atom stereocenters. The van der Waals surface area contributed by atoms with E-state index >= 15 is 0 Å². The van der Waals surface area contributed by atoms with Gasteiger partial charge in [-0.1, -0.05) is 48.2 Å². The van der Waals surface area contributed by atoms with Crippen molar-refractivity contribution in [3.05, 3.63) is 59.7 Å². The van der Waals surface area contributed by atoms with Gasteiger partial charge in [0, 0.05) is 11.9 Å². The average Bonchev–Trinajstić information content (AvgIpc) is 2.76. The molecular weight excluding hydrogens is 270 g/mol. The summed E-state index contributed by atoms with van der Waals surface area (Å²) in [5, 5.41) is 9.15. The van der Waals surface area contributed by atoms with Gasteiger partial charge in [0.15, 0.2) is 0 Å². The van der Waals surface area contributed by atoms with Crippen LogP contribution in [0.5, 0.6) is 0 Å². The summed E-state index contributed by atoms with van der Waals surface area (Å²) >= 11 is 1.80. The molecule has 1 aliphatic heterocycles. The minimum absolute atomic E-state index is 0.0712. The molecular formula is C16H15NO2S. The van der Waals surface area contributed by atoms with Crippen molar-refractivity contribution in [3.63, 3.8) is 0 Å². The Hall–Kier alpha value is -1.94. The Labute approximate surface area is 122 Å². The third-order valence-electron chi connectivity index (χ3n) is 3.43. The SMILES string of the molecule is CN1c2cc(CC(=O)O)ccc2SC1c1ccccc1. The monoisotopic (exact) mass is 285 g/mol. The summed E-state index contributed by atoms with van der Waals surface area (Å²) in [4.78, 5) is 14.2. The van der Waals surface area contributed by atoms with E-state index in [9.17, 15) is 4.79 Å². The molecule has 0 saturated heterocycles. The fourth-order valence-electron chi connectivity index (χ4n) is 2.46. The largest absolute Gasteiger partial charge is 0.481 e. The maximum absolute atomic E-state index is 10.8. The van der Waals surface area contributed by atoms with E-state index in [1.165, 1.54) is 10.5 Å². The van der Waals surface area contributed by atoms with E-state index in [1.807, 2.05) is 36.4 Å². The van der Waals surface area contributed by atoms with Crippen LogP contribution in [0.3, 0.4) is 0 Å². The predicted molar refractivity (Wildman–Crippen MR) is 81.2 cm³/mol. The molecule has 3 rings (SSSR count). The van der Waals surface area contributed by atoms with E-state index in [2.05, 4.69) is 24.1 Å². The molecule has 0 aromatic heterocycles. The molecule has 1 N–H and O–H groups in total. The van der Waals surface area contributed by atoms with Crippen molar-refractivity contribution >= 4 is 23.4 Å². The van der Waals surface area contributed by atoms with E-state index < -0.39 is 5.97 Å². The fourth-order valence-corrected chi connectivity index (χ4v) is 3.73. The second kappa shape index (κ2) is 5.21. The molecule has 0 amide bonds. The quantitative estimate of drug-likeness (QED) is 0.936. The summed E-state index contributed by atoms with van der Waals surface area (Å²) < 4.78 is 0. The molecule has 0 saturated carbocycles. The Morgan fingerprint density at radius 3 is 2.70 bits per heavy atom. The Balaban J connectivity index is 1.91. The minimum atomic E-state index is -0.794. The third-order valence-corrected chi connectivity index (χ3v) is 4.84. The number of carbonyl (C=O) groups is 1. The number of benzene rings is 2. The first kappa shape index (κ1) is 13.1. The number of carboxylic acids is 1. The number of hydrogen-bond acceptors (Lipinski definition) is 3. The molecule has 4 heteroatoms. The van der Waals surface area contributed by atoms with Crippen LogP contribution in [0.4, 0.5) is 5.69 Å². The van der Waals surface area contributed by atoms with Crippen molar-refractivity contribution in [1.82, 2.24) is 0 Å². The van der Waals surface area contributed by atoms with Gasteiger partial charge in [0.2, 0.25) is 0 Å². The predicted octanol–water partition coefficient (Wildman–Crippen LogP) is 3.55. The highest BCUT2D eigenvalue weighted by atomic mass is 32.2. The van der Waals surface area contributed by atoms with E-state index in [1.54, 1.807) is 11.8 Å². The average molecular weight is 285 g/mol. The zero-order valence-electron chi connectivity index (χ0n) is 11.1. The number of carboxylic acid groups (broad SMARTS) is 1. The minimum Gasteiger partial charge on any atom is -0.481 e. The van der Waals surface area contributed by atoms with E-state index in [4.69, 9.17) is 5.11 Å². The van der Waals surface area contributed by atoms with Crippen molar-refractivity contribution in [1.29, 1.82) is 0 Å². The van der Waals surface area contributed by atoms with Crippen molar-refractivity contribution in [2.24, 2.45) is 0 Å². The molecule has 0 radical (unpaired) electrons.